The minimum Gasteiger partial charge on any atom is -0.493 e. The lowest BCUT2D eigenvalue weighted by molar-refractivity contribution is -0.0512. The average Bonchev–Trinajstić information content (AvgIpc) is 3.28. The standard InChI is InChI=1S/C20H17F2NO5S2/c1-27-17-12-15(9-10-16(17)28-20(21)22)19(24)23(13-14-6-3-2-4-7-14)30(25,26)18-8-5-11-29-18/h2-12,20H,13H2,1H3. The number of sulfonamides is 1. The molecule has 0 fully saturated rings. The molecule has 0 saturated carbocycles. The molecule has 158 valence electrons. The number of methoxy groups -OCH3 is 1. The summed E-state index contributed by atoms with van der Waals surface area (Å²) in [7, 11) is -2.91. The lowest BCUT2D eigenvalue weighted by Crippen LogP contribution is -2.36. The first-order chi connectivity index (χ1) is 14.3. The zero-order valence-electron chi connectivity index (χ0n) is 15.7. The molecule has 10 heteroatoms. The quantitative estimate of drug-likeness (QED) is 0.506. The normalized spacial score (nSPS) is 11.3. The van der Waals surface area contributed by atoms with Gasteiger partial charge in [-0.05, 0) is 35.2 Å². The summed E-state index contributed by atoms with van der Waals surface area (Å²) in [6.07, 6.45) is 0. The van der Waals surface area contributed by atoms with E-state index in [0.717, 1.165) is 21.7 Å². The van der Waals surface area contributed by atoms with Crippen LogP contribution in [0, 0.1) is 0 Å². The zero-order chi connectivity index (χ0) is 21.7. The molecule has 1 amide bonds. The maximum Gasteiger partial charge on any atom is 0.387 e. The predicted molar refractivity (Wildman–Crippen MR) is 107 cm³/mol. The molecule has 1 heterocycles. The van der Waals surface area contributed by atoms with E-state index in [0.29, 0.717) is 5.56 Å². The first-order valence-electron chi connectivity index (χ1n) is 8.60. The smallest absolute Gasteiger partial charge is 0.387 e. The second-order valence-corrected chi connectivity index (χ2v) is 9.02. The Morgan fingerprint density at radius 2 is 1.80 bits per heavy atom. The van der Waals surface area contributed by atoms with Crippen LogP contribution < -0.4 is 9.47 Å². The highest BCUT2D eigenvalue weighted by atomic mass is 32.2. The van der Waals surface area contributed by atoms with Gasteiger partial charge in [0.2, 0.25) is 0 Å². The molecule has 0 aliphatic rings. The van der Waals surface area contributed by atoms with Gasteiger partial charge in [-0.3, -0.25) is 4.79 Å². The zero-order valence-corrected chi connectivity index (χ0v) is 17.3. The number of hydrogen-bond donors (Lipinski definition) is 0. The van der Waals surface area contributed by atoms with E-state index >= 15 is 0 Å². The molecular formula is C20H17F2NO5S2. The summed E-state index contributed by atoms with van der Waals surface area (Å²) in [6, 6.07) is 15.1. The van der Waals surface area contributed by atoms with Gasteiger partial charge in [-0.1, -0.05) is 36.4 Å². The molecule has 0 N–H and O–H groups in total. The third-order valence-corrected chi connectivity index (χ3v) is 7.16. The fourth-order valence-electron chi connectivity index (χ4n) is 2.67. The molecule has 0 radical (unpaired) electrons. The first-order valence-corrected chi connectivity index (χ1v) is 10.9. The van der Waals surface area contributed by atoms with Gasteiger partial charge in [0.15, 0.2) is 11.5 Å². The average molecular weight is 453 g/mol. The maximum atomic E-state index is 13.2. The first kappa shape index (κ1) is 21.7. The second-order valence-electron chi connectivity index (χ2n) is 5.98. The van der Waals surface area contributed by atoms with Crippen molar-refractivity contribution >= 4 is 27.3 Å². The molecule has 0 spiro atoms. The molecule has 30 heavy (non-hydrogen) atoms. The Morgan fingerprint density at radius 3 is 2.40 bits per heavy atom. The van der Waals surface area contributed by atoms with Crippen LogP contribution in [0.4, 0.5) is 8.78 Å². The molecule has 2 aromatic carbocycles. The van der Waals surface area contributed by atoms with Crippen molar-refractivity contribution in [2.24, 2.45) is 0 Å². The number of rotatable bonds is 8. The number of carbonyl (C=O) groups excluding carboxylic acids is 1. The Morgan fingerprint density at radius 1 is 1.07 bits per heavy atom. The number of hydrogen-bond acceptors (Lipinski definition) is 6. The number of carbonyl (C=O) groups is 1. The van der Waals surface area contributed by atoms with Crippen LogP contribution in [0.3, 0.4) is 0 Å². The molecule has 0 saturated heterocycles. The highest BCUT2D eigenvalue weighted by molar-refractivity contribution is 7.91. The molecule has 0 bridgehead atoms. The number of amides is 1. The van der Waals surface area contributed by atoms with E-state index in [1.54, 1.807) is 41.8 Å². The number of halogens is 2. The van der Waals surface area contributed by atoms with Crippen LogP contribution in [0.5, 0.6) is 11.5 Å². The molecule has 0 atom stereocenters. The third kappa shape index (κ3) is 4.77. The number of nitrogens with zero attached hydrogens (tertiary/aromatic N) is 1. The topological polar surface area (TPSA) is 72.9 Å². The van der Waals surface area contributed by atoms with Crippen molar-refractivity contribution in [2.75, 3.05) is 7.11 Å². The Kier molecular flexibility index (Phi) is 6.68. The summed E-state index contributed by atoms with van der Waals surface area (Å²) in [5, 5.41) is 1.59. The van der Waals surface area contributed by atoms with E-state index in [1.807, 2.05) is 0 Å². The monoisotopic (exact) mass is 453 g/mol. The van der Waals surface area contributed by atoms with Crippen LogP contribution in [0.1, 0.15) is 15.9 Å². The highest BCUT2D eigenvalue weighted by Crippen LogP contribution is 2.31. The minimum absolute atomic E-state index is 0.0106. The van der Waals surface area contributed by atoms with E-state index in [1.165, 1.54) is 25.3 Å². The molecule has 1 aromatic heterocycles. The van der Waals surface area contributed by atoms with Crippen LogP contribution in [-0.2, 0) is 16.6 Å². The molecule has 3 rings (SSSR count). The molecule has 0 unspecified atom stereocenters. The van der Waals surface area contributed by atoms with Gasteiger partial charge in [0.05, 0.1) is 13.7 Å². The summed E-state index contributed by atoms with van der Waals surface area (Å²) in [5.41, 5.74) is 0.556. The fraction of sp³-hybridized carbons (Fsp3) is 0.150. The van der Waals surface area contributed by atoms with E-state index in [-0.39, 0.29) is 27.8 Å². The summed E-state index contributed by atoms with van der Waals surface area (Å²) >= 11 is 0.988. The van der Waals surface area contributed by atoms with Gasteiger partial charge in [0, 0.05) is 5.56 Å². The SMILES string of the molecule is COc1cc(C(=O)N(Cc2ccccc2)S(=O)(=O)c2cccs2)ccc1OC(F)F. The van der Waals surface area contributed by atoms with Crippen LogP contribution in [0.2, 0.25) is 0 Å². The molecule has 6 nitrogen and oxygen atoms in total. The van der Waals surface area contributed by atoms with Crippen molar-refractivity contribution in [1.29, 1.82) is 0 Å². The lowest BCUT2D eigenvalue weighted by Gasteiger charge is -2.22. The number of alkyl halides is 2. The Bertz CT molecular complexity index is 1100. The summed E-state index contributed by atoms with van der Waals surface area (Å²) in [6.45, 7) is -3.27. The van der Waals surface area contributed by atoms with E-state index in [2.05, 4.69) is 4.74 Å². The van der Waals surface area contributed by atoms with Crippen molar-refractivity contribution in [1.82, 2.24) is 4.31 Å². The van der Waals surface area contributed by atoms with Crippen LogP contribution in [0.15, 0.2) is 70.3 Å². The number of thiophene rings is 1. The van der Waals surface area contributed by atoms with Crippen molar-refractivity contribution < 1.29 is 31.5 Å². The molecule has 0 aliphatic carbocycles. The van der Waals surface area contributed by atoms with Crippen molar-refractivity contribution in [2.45, 2.75) is 17.4 Å². The highest BCUT2D eigenvalue weighted by Gasteiger charge is 2.31. The van der Waals surface area contributed by atoms with Crippen LogP contribution >= 0.6 is 11.3 Å². The summed E-state index contributed by atoms with van der Waals surface area (Å²) in [4.78, 5) is 13.2. The lowest BCUT2D eigenvalue weighted by atomic mass is 10.1. The van der Waals surface area contributed by atoms with Gasteiger partial charge in [-0.15, -0.1) is 11.3 Å². The molecular weight excluding hydrogens is 436 g/mol. The van der Waals surface area contributed by atoms with Gasteiger partial charge < -0.3 is 9.47 Å². The summed E-state index contributed by atoms with van der Waals surface area (Å²) in [5.74, 6) is -1.21. The van der Waals surface area contributed by atoms with Crippen molar-refractivity contribution in [3.05, 3.63) is 77.2 Å². The van der Waals surface area contributed by atoms with Crippen molar-refractivity contribution in [3.63, 3.8) is 0 Å². The second kappa shape index (κ2) is 9.23. The summed E-state index contributed by atoms with van der Waals surface area (Å²) < 4.78 is 61.5. The largest absolute Gasteiger partial charge is 0.493 e. The van der Waals surface area contributed by atoms with Crippen LogP contribution in [0.25, 0.3) is 0 Å². The van der Waals surface area contributed by atoms with E-state index in [4.69, 9.17) is 4.74 Å². The van der Waals surface area contributed by atoms with Crippen molar-refractivity contribution in [3.8, 4) is 11.5 Å². The molecule has 0 aliphatic heterocycles. The Balaban J connectivity index is 2.02. The van der Waals surface area contributed by atoms with E-state index in [9.17, 15) is 22.0 Å². The van der Waals surface area contributed by atoms with Gasteiger partial charge >= 0.3 is 6.61 Å². The predicted octanol–water partition coefficient (Wildman–Crippen LogP) is 4.39. The van der Waals surface area contributed by atoms with Gasteiger partial charge in [-0.2, -0.15) is 8.78 Å². The van der Waals surface area contributed by atoms with Gasteiger partial charge in [0.25, 0.3) is 15.9 Å². The number of ether oxygens (including phenoxy) is 2. The van der Waals surface area contributed by atoms with Gasteiger partial charge in [-0.25, -0.2) is 12.7 Å². The van der Waals surface area contributed by atoms with Gasteiger partial charge in [0.1, 0.15) is 4.21 Å². The Hall–Kier alpha value is -2.98. The fourth-order valence-corrected chi connectivity index (χ4v) is 5.15. The minimum atomic E-state index is -4.14. The molecule has 3 aromatic rings. The van der Waals surface area contributed by atoms with E-state index < -0.39 is 22.5 Å². The maximum absolute atomic E-state index is 13.2. The number of benzene rings is 2. The van der Waals surface area contributed by atoms with Crippen LogP contribution in [-0.4, -0.2) is 32.4 Å². The third-order valence-electron chi connectivity index (χ3n) is 4.06. The Labute approximate surface area is 176 Å².